The van der Waals surface area contributed by atoms with Gasteiger partial charge in [-0.15, -0.1) is 11.3 Å². The topological polar surface area (TPSA) is 74.3 Å². The fourth-order valence-electron chi connectivity index (χ4n) is 4.76. The quantitative estimate of drug-likeness (QED) is 0.576. The predicted molar refractivity (Wildman–Crippen MR) is 131 cm³/mol. The van der Waals surface area contributed by atoms with Crippen molar-refractivity contribution in [1.29, 1.82) is 0 Å². The van der Waals surface area contributed by atoms with Crippen LogP contribution >= 0.6 is 11.3 Å². The monoisotopic (exact) mass is 460 g/mol. The highest BCUT2D eigenvalue weighted by Gasteiger charge is 2.30. The van der Waals surface area contributed by atoms with Gasteiger partial charge < -0.3 is 10.6 Å². The van der Waals surface area contributed by atoms with E-state index < -0.39 is 0 Å². The van der Waals surface area contributed by atoms with E-state index in [-0.39, 0.29) is 17.9 Å². The number of aromatic nitrogens is 1. The van der Waals surface area contributed by atoms with Crippen molar-refractivity contribution in [2.24, 2.45) is 0 Å². The van der Waals surface area contributed by atoms with Gasteiger partial charge in [-0.3, -0.25) is 19.5 Å². The number of aryl methyl sites for hydroxylation is 1. The summed E-state index contributed by atoms with van der Waals surface area (Å²) in [4.78, 5) is 33.9. The molecule has 0 bridgehead atoms. The normalized spacial score (nSPS) is 18.0. The molecule has 2 N–H and O–H groups in total. The van der Waals surface area contributed by atoms with Crippen LogP contribution < -0.4 is 10.6 Å². The van der Waals surface area contributed by atoms with Crippen LogP contribution in [0.2, 0.25) is 0 Å². The number of nitrogens with zero attached hydrogens (tertiary/aromatic N) is 2. The van der Waals surface area contributed by atoms with Crippen molar-refractivity contribution in [3.8, 4) is 0 Å². The molecule has 2 aromatic heterocycles. The van der Waals surface area contributed by atoms with Crippen molar-refractivity contribution >= 4 is 28.2 Å². The zero-order valence-electron chi connectivity index (χ0n) is 18.5. The molecule has 0 spiro atoms. The number of hydrogen-bond acceptors (Lipinski definition) is 5. The number of benzene rings is 1. The highest BCUT2D eigenvalue weighted by Crippen LogP contribution is 2.38. The molecule has 33 heavy (non-hydrogen) atoms. The third kappa shape index (κ3) is 4.99. The third-order valence-corrected chi connectivity index (χ3v) is 7.61. The fourth-order valence-corrected chi connectivity index (χ4v) is 6.04. The molecule has 2 aliphatic rings. The van der Waals surface area contributed by atoms with Crippen LogP contribution in [0, 0.1) is 0 Å². The van der Waals surface area contributed by atoms with E-state index in [1.54, 1.807) is 35.9 Å². The summed E-state index contributed by atoms with van der Waals surface area (Å²) in [6.45, 7) is 2.70. The average Bonchev–Trinajstić information content (AvgIpc) is 3.43. The summed E-state index contributed by atoms with van der Waals surface area (Å²) in [5.74, 6) is -0.298. The average molecular weight is 461 g/mol. The lowest BCUT2D eigenvalue weighted by Gasteiger charge is -2.18. The summed E-state index contributed by atoms with van der Waals surface area (Å²) in [5.41, 5.74) is 3.55. The van der Waals surface area contributed by atoms with Crippen LogP contribution in [0.5, 0.6) is 0 Å². The largest absolute Gasteiger partial charge is 0.348 e. The van der Waals surface area contributed by atoms with Gasteiger partial charge in [-0.05, 0) is 55.4 Å². The molecular weight excluding hydrogens is 432 g/mol. The minimum absolute atomic E-state index is 0.0672. The van der Waals surface area contributed by atoms with Crippen LogP contribution in [0.15, 0.2) is 54.9 Å². The molecular formula is C26H28N4O2S. The number of anilines is 1. The van der Waals surface area contributed by atoms with Crippen molar-refractivity contribution in [2.45, 2.75) is 44.7 Å². The fraction of sp³-hybridized carbons (Fsp3) is 0.346. The predicted octanol–water partition coefficient (Wildman–Crippen LogP) is 4.28. The van der Waals surface area contributed by atoms with Gasteiger partial charge in [-0.25, -0.2) is 0 Å². The Bertz CT molecular complexity index is 1130. The summed E-state index contributed by atoms with van der Waals surface area (Å²) >= 11 is 1.55. The standard InChI is InChI=1S/C26H28N4O2S/c31-24(19-9-6-13-27-15-19)29-26-23(21-10-4-5-11-22(21)33-26)25(32)28-20-12-14-30(17-20)16-18-7-2-1-3-8-18/h1-3,6-9,13,15,20H,4-5,10-12,14,16-17H2,(H,28,32)(H,29,31). The summed E-state index contributed by atoms with van der Waals surface area (Å²) in [6.07, 6.45) is 8.18. The maximum absolute atomic E-state index is 13.5. The van der Waals surface area contributed by atoms with Crippen LogP contribution in [0.1, 0.15) is 56.0 Å². The van der Waals surface area contributed by atoms with E-state index in [9.17, 15) is 9.59 Å². The summed E-state index contributed by atoms with van der Waals surface area (Å²) in [6, 6.07) is 14.0. The van der Waals surface area contributed by atoms with E-state index in [1.165, 1.54) is 10.4 Å². The molecule has 5 rings (SSSR count). The molecule has 1 fully saturated rings. The number of pyridine rings is 1. The Labute approximate surface area is 198 Å². The first-order valence-corrected chi connectivity index (χ1v) is 12.4. The second kappa shape index (κ2) is 9.85. The molecule has 6 nitrogen and oxygen atoms in total. The van der Waals surface area contributed by atoms with Gasteiger partial charge in [0, 0.05) is 42.9 Å². The smallest absolute Gasteiger partial charge is 0.257 e. The number of likely N-dealkylation sites (tertiary alicyclic amines) is 1. The van der Waals surface area contributed by atoms with Gasteiger partial charge in [0.2, 0.25) is 0 Å². The van der Waals surface area contributed by atoms with Crippen LogP contribution in [0.25, 0.3) is 0 Å². The van der Waals surface area contributed by atoms with Gasteiger partial charge in [0.1, 0.15) is 5.00 Å². The van der Waals surface area contributed by atoms with E-state index >= 15 is 0 Å². The second-order valence-electron chi connectivity index (χ2n) is 8.79. The molecule has 0 saturated carbocycles. The molecule has 1 saturated heterocycles. The van der Waals surface area contributed by atoms with Crippen molar-refractivity contribution in [1.82, 2.24) is 15.2 Å². The Balaban J connectivity index is 1.30. The van der Waals surface area contributed by atoms with Crippen LogP contribution in [-0.4, -0.2) is 40.8 Å². The van der Waals surface area contributed by atoms with Crippen LogP contribution in [-0.2, 0) is 19.4 Å². The number of hydrogen-bond donors (Lipinski definition) is 2. The molecule has 1 atom stereocenters. The van der Waals surface area contributed by atoms with Crippen molar-refractivity contribution < 1.29 is 9.59 Å². The van der Waals surface area contributed by atoms with Crippen molar-refractivity contribution in [3.05, 3.63) is 82.0 Å². The molecule has 7 heteroatoms. The molecule has 0 radical (unpaired) electrons. The van der Waals surface area contributed by atoms with E-state index in [0.717, 1.165) is 57.3 Å². The molecule has 1 aliphatic carbocycles. The zero-order chi connectivity index (χ0) is 22.6. The third-order valence-electron chi connectivity index (χ3n) is 6.41. The number of amides is 2. The Morgan fingerprint density at radius 3 is 2.73 bits per heavy atom. The lowest BCUT2D eigenvalue weighted by molar-refractivity contribution is 0.0937. The SMILES string of the molecule is O=C(Nc1sc2c(c1C(=O)NC1CCN(Cc3ccccc3)C1)CCCC2)c1cccnc1. The van der Waals surface area contributed by atoms with E-state index in [0.29, 0.717) is 16.1 Å². The minimum Gasteiger partial charge on any atom is -0.348 e. The lowest BCUT2D eigenvalue weighted by atomic mass is 9.95. The summed E-state index contributed by atoms with van der Waals surface area (Å²) < 4.78 is 0. The van der Waals surface area contributed by atoms with E-state index in [1.807, 2.05) is 6.07 Å². The number of carbonyl (C=O) groups excluding carboxylic acids is 2. The maximum atomic E-state index is 13.5. The molecule has 2 amide bonds. The first kappa shape index (κ1) is 21.8. The molecule has 1 aromatic carbocycles. The molecule has 170 valence electrons. The highest BCUT2D eigenvalue weighted by molar-refractivity contribution is 7.17. The van der Waals surface area contributed by atoms with Crippen LogP contribution in [0.4, 0.5) is 5.00 Å². The van der Waals surface area contributed by atoms with Gasteiger partial charge >= 0.3 is 0 Å². The number of fused-ring (bicyclic) bond motifs is 1. The lowest BCUT2D eigenvalue weighted by Crippen LogP contribution is -2.37. The zero-order valence-corrected chi connectivity index (χ0v) is 19.4. The Kier molecular flexibility index (Phi) is 6.51. The Morgan fingerprint density at radius 1 is 1.06 bits per heavy atom. The first-order valence-electron chi connectivity index (χ1n) is 11.6. The number of carbonyl (C=O) groups is 2. The summed E-state index contributed by atoms with van der Waals surface area (Å²) in [5, 5.41) is 6.92. The highest BCUT2D eigenvalue weighted by atomic mass is 32.1. The van der Waals surface area contributed by atoms with Gasteiger partial charge in [0.15, 0.2) is 0 Å². The van der Waals surface area contributed by atoms with Crippen LogP contribution in [0.3, 0.4) is 0 Å². The molecule has 3 heterocycles. The second-order valence-corrected chi connectivity index (χ2v) is 9.90. The summed E-state index contributed by atoms with van der Waals surface area (Å²) in [7, 11) is 0. The maximum Gasteiger partial charge on any atom is 0.257 e. The van der Waals surface area contributed by atoms with Gasteiger partial charge in [-0.2, -0.15) is 0 Å². The number of nitrogens with one attached hydrogen (secondary N) is 2. The Hall–Kier alpha value is -3.03. The number of thiophene rings is 1. The molecule has 1 unspecified atom stereocenters. The van der Waals surface area contributed by atoms with Gasteiger partial charge in [0.05, 0.1) is 11.1 Å². The Morgan fingerprint density at radius 2 is 1.91 bits per heavy atom. The van der Waals surface area contributed by atoms with E-state index in [4.69, 9.17) is 0 Å². The van der Waals surface area contributed by atoms with Gasteiger partial charge in [-0.1, -0.05) is 30.3 Å². The van der Waals surface area contributed by atoms with Crippen molar-refractivity contribution in [2.75, 3.05) is 18.4 Å². The van der Waals surface area contributed by atoms with Gasteiger partial charge in [0.25, 0.3) is 11.8 Å². The number of rotatable bonds is 6. The molecule has 1 aliphatic heterocycles. The first-order chi connectivity index (χ1) is 16.2. The van der Waals surface area contributed by atoms with Crippen molar-refractivity contribution in [3.63, 3.8) is 0 Å². The minimum atomic E-state index is -0.231. The van der Waals surface area contributed by atoms with E-state index in [2.05, 4.69) is 44.8 Å². The molecule has 3 aromatic rings.